The molecule has 4 aromatic rings. The second kappa shape index (κ2) is 8.65. The number of anilines is 1. The van der Waals surface area contributed by atoms with Crippen LogP contribution in [0.4, 0.5) is 10.1 Å². The van der Waals surface area contributed by atoms with Crippen LogP contribution in [0, 0.1) is 5.82 Å². The van der Waals surface area contributed by atoms with Crippen LogP contribution in [0.3, 0.4) is 0 Å². The van der Waals surface area contributed by atoms with Gasteiger partial charge in [-0.3, -0.25) is 4.79 Å². The number of nitrogens with one attached hydrogen (secondary N) is 1. The lowest BCUT2D eigenvalue weighted by molar-refractivity contribution is -0.116. The molecule has 4 rings (SSSR count). The third kappa shape index (κ3) is 4.66. The van der Waals surface area contributed by atoms with Gasteiger partial charge in [-0.1, -0.05) is 30.3 Å². The number of imidazole rings is 1. The number of rotatable bonds is 7. The first-order valence-corrected chi connectivity index (χ1v) is 9.58. The Morgan fingerprint density at radius 1 is 1.00 bits per heavy atom. The van der Waals surface area contributed by atoms with Crippen molar-refractivity contribution < 1.29 is 9.18 Å². The zero-order chi connectivity index (χ0) is 20.1. The zero-order valence-electron chi connectivity index (χ0n) is 15.9. The van der Waals surface area contributed by atoms with Gasteiger partial charge in [-0.15, -0.1) is 0 Å². The lowest BCUT2D eigenvalue weighted by atomic mass is 10.2. The third-order valence-electron chi connectivity index (χ3n) is 4.70. The molecule has 2 aromatic carbocycles. The average molecular weight is 388 g/mol. The molecule has 0 aliphatic rings. The Bertz CT molecular complexity index is 1110. The van der Waals surface area contributed by atoms with Gasteiger partial charge in [0.2, 0.25) is 5.91 Å². The summed E-state index contributed by atoms with van der Waals surface area (Å²) < 4.78 is 15.1. The monoisotopic (exact) mass is 388 g/mol. The largest absolute Gasteiger partial charge is 0.326 e. The molecule has 1 N–H and O–H groups in total. The van der Waals surface area contributed by atoms with E-state index < -0.39 is 0 Å². The normalized spacial score (nSPS) is 10.9. The molecule has 0 fully saturated rings. The molecule has 0 saturated carbocycles. The number of aryl methyl sites for hydroxylation is 1. The van der Waals surface area contributed by atoms with Crippen LogP contribution in [0.5, 0.6) is 0 Å². The molecule has 0 saturated heterocycles. The summed E-state index contributed by atoms with van der Waals surface area (Å²) >= 11 is 0. The predicted molar refractivity (Wildman–Crippen MR) is 111 cm³/mol. The smallest absolute Gasteiger partial charge is 0.224 e. The van der Waals surface area contributed by atoms with E-state index in [-0.39, 0.29) is 11.7 Å². The highest BCUT2D eigenvalue weighted by atomic mass is 19.1. The summed E-state index contributed by atoms with van der Waals surface area (Å²) in [6.07, 6.45) is 3.45. The quantitative estimate of drug-likeness (QED) is 0.504. The maximum absolute atomic E-state index is 13.0. The van der Waals surface area contributed by atoms with Crippen molar-refractivity contribution in [2.24, 2.45) is 0 Å². The van der Waals surface area contributed by atoms with Gasteiger partial charge in [0.05, 0.1) is 6.54 Å². The first-order valence-electron chi connectivity index (χ1n) is 9.58. The summed E-state index contributed by atoms with van der Waals surface area (Å²) in [5.74, 6) is 0.492. The highest BCUT2D eigenvalue weighted by Gasteiger charge is 2.13. The third-order valence-corrected chi connectivity index (χ3v) is 4.70. The Balaban J connectivity index is 1.44. The molecule has 5 nitrogen and oxygen atoms in total. The number of nitrogens with zero attached hydrogens (tertiary/aromatic N) is 3. The van der Waals surface area contributed by atoms with Gasteiger partial charge < -0.3 is 9.88 Å². The van der Waals surface area contributed by atoms with Gasteiger partial charge in [-0.25, -0.2) is 14.4 Å². The van der Waals surface area contributed by atoms with E-state index in [0.717, 1.165) is 17.0 Å². The molecule has 29 heavy (non-hydrogen) atoms. The number of hydrogen-bond donors (Lipinski definition) is 1. The van der Waals surface area contributed by atoms with Gasteiger partial charge in [-0.05, 0) is 48.4 Å². The van der Waals surface area contributed by atoms with Crippen LogP contribution in [0.2, 0.25) is 0 Å². The number of pyridine rings is 1. The first-order chi connectivity index (χ1) is 14.2. The van der Waals surface area contributed by atoms with Crippen molar-refractivity contribution in [3.63, 3.8) is 0 Å². The Morgan fingerprint density at radius 3 is 2.59 bits per heavy atom. The molecule has 0 aliphatic carbocycles. The minimum absolute atomic E-state index is 0.0968. The number of aromatic nitrogens is 3. The molecule has 6 heteroatoms. The molecule has 0 aliphatic heterocycles. The number of halogens is 1. The van der Waals surface area contributed by atoms with Crippen molar-refractivity contribution in [3.05, 3.63) is 90.1 Å². The second-order valence-electron chi connectivity index (χ2n) is 6.85. The van der Waals surface area contributed by atoms with Crippen LogP contribution in [-0.4, -0.2) is 20.4 Å². The zero-order valence-corrected chi connectivity index (χ0v) is 15.9. The maximum Gasteiger partial charge on any atom is 0.224 e. The lowest BCUT2D eigenvalue weighted by Gasteiger charge is -2.09. The Kier molecular flexibility index (Phi) is 5.61. The maximum atomic E-state index is 13.0. The molecular weight excluding hydrogens is 367 g/mol. The van der Waals surface area contributed by atoms with E-state index in [9.17, 15) is 9.18 Å². The SMILES string of the molecule is O=C(CCCc1nc2cccnc2n1Cc1ccccc1)Nc1ccc(F)cc1. The molecule has 0 bridgehead atoms. The van der Waals surface area contributed by atoms with Crippen molar-refractivity contribution >= 4 is 22.8 Å². The van der Waals surface area contributed by atoms with E-state index >= 15 is 0 Å². The van der Waals surface area contributed by atoms with E-state index in [1.807, 2.05) is 30.3 Å². The van der Waals surface area contributed by atoms with Gasteiger partial charge in [0.15, 0.2) is 5.65 Å². The summed E-state index contributed by atoms with van der Waals surface area (Å²) in [5, 5.41) is 2.79. The topological polar surface area (TPSA) is 59.8 Å². The predicted octanol–water partition coefficient (Wildman–Crippen LogP) is 4.58. The van der Waals surface area contributed by atoms with Crippen LogP contribution in [0.25, 0.3) is 11.2 Å². The molecule has 0 atom stereocenters. The molecule has 0 spiro atoms. The average Bonchev–Trinajstić information content (AvgIpc) is 3.08. The van der Waals surface area contributed by atoms with Crippen molar-refractivity contribution in [2.45, 2.75) is 25.8 Å². The Labute approximate surface area is 168 Å². The minimum Gasteiger partial charge on any atom is -0.326 e. The van der Waals surface area contributed by atoms with E-state index in [1.54, 1.807) is 18.3 Å². The number of fused-ring (bicyclic) bond motifs is 1. The van der Waals surface area contributed by atoms with Gasteiger partial charge in [0.1, 0.15) is 17.2 Å². The van der Waals surface area contributed by atoms with Crippen molar-refractivity contribution in [3.8, 4) is 0 Å². The number of benzene rings is 2. The fourth-order valence-corrected chi connectivity index (χ4v) is 3.29. The van der Waals surface area contributed by atoms with Crippen LogP contribution in [0.1, 0.15) is 24.2 Å². The number of carbonyl (C=O) groups is 1. The summed E-state index contributed by atoms with van der Waals surface area (Å²) in [4.78, 5) is 21.4. The number of amides is 1. The van der Waals surface area contributed by atoms with Crippen molar-refractivity contribution in [1.29, 1.82) is 0 Å². The molecule has 146 valence electrons. The molecule has 0 unspecified atom stereocenters. The standard InChI is InChI=1S/C23H21FN4O/c24-18-11-13-19(14-12-18)26-22(29)10-4-9-21-27-20-8-5-15-25-23(20)28(21)16-17-6-2-1-3-7-17/h1-3,5-8,11-15H,4,9-10,16H2,(H,26,29). The molecule has 2 heterocycles. The summed E-state index contributed by atoms with van der Waals surface area (Å²) in [6.45, 7) is 0.686. The molecular formula is C23H21FN4O. The summed E-state index contributed by atoms with van der Waals surface area (Å²) in [6, 6.07) is 19.8. The Hall–Kier alpha value is -3.54. The molecule has 2 aromatic heterocycles. The first kappa shape index (κ1) is 18.8. The second-order valence-corrected chi connectivity index (χ2v) is 6.85. The van der Waals surface area contributed by atoms with Crippen LogP contribution < -0.4 is 5.32 Å². The number of carbonyl (C=O) groups excluding carboxylic acids is 1. The highest BCUT2D eigenvalue weighted by molar-refractivity contribution is 5.90. The number of hydrogen-bond acceptors (Lipinski definition) is 3. The lowest BCUT2D eigenvalue weighted by Crippen LogP contribution is -2.12. The van der Waals surface area contributed by atoms with Gasteiger partial charge in [0.25, 0.3) is 0 Å². The molecule has 0 radical (unpaired) electrons. The minimum atomic E-state index is -0.325. The van der Waals surface area contributed by atoms with Crippen molar-refractivity contribution in [1.82, 2.24) is 14.5 Å². The van der Waals surface area contributed by atoms with Crippen LogP contribution in [0.15, 0.2) is 72.9 Å². The fraction of sp³-hybridized carbons (Fsp3) is 0.174. The van der Waals surface area contributed by atoms with Crippen LogP contribution >= 0.6 is 0 Å². The molecule has 1 amide bonds. The van der Waals surface area contributed by atoms with Gasteiger partial charge in [0, 0.05) is 24.7 Å². The summed E-state index contributed by atoms with van der Waals surface area (Å²) in [7, 11) is 0. The Morgan fingerprint density at radius 2 is 1.79 bits per heavy atom. The van der Waals surface area contributed by atoms with Gasteiger partial charge in [-0.2, -0.15) is 0 Å². The van der Waals surface area contributed by atoms with E-state index in [4.69, 9.17) is 4.98 Å². The fourth-order valence-electron chi connectivity index (χ4n) is 3.29. The van der Waals surface area contributed by atoms with E-state index in [1.165, 1.54) is 17.7 Å². The van der Waals surface area contributed by atoms with Crippen LogP contribution in [-0.2, 0) is 17.8 Å². The highest BCUT2D eigenvalue weighted by Crippen LogP contribution is 2.18. The van der Waals surface area contributed by atoms with E-state index in [0.29, 0.717) is 31.5 Å². The van der Waals surface area contributed by atoms with Crippen molar-refractivity contribution in [2.75, 3.05) is 5.32 Å². The van der Waals surface area contributed by atoms with E-state index in [2.05, 4.69) is 27.0 Å². The summed E-state index contributed by atoms with van der Waals surface area (Å²) in [5.41, 5.74) is 3.47. The van der Waals surface area contributed by atoms with Gasteiger partial charge >= 0.3 is 0 Å².